The first-order valence-corrected chi connectivity index (χ1v) is 9.68. The minimum absolute atomic E-state index is 0.334. The Morgan fingerprint density at radius 3 is 2.71 bits per heavy atom. The maximum absolute atomic E-state index is 10.0. The summed E-state index contributed by atoms with van der Waals surface area (Å²) in [7, 11) is 0. The van der Waals surface area contributed by atoms with Crippen molar-refractivity contribution in [2.24, 2.45) is 0 Å². The van der Waals surface area contributed by atoms with E-state index in [1.807, 2.05) is 23.9 Å². The molecule has 2 aromatic carbocycles. The zero-order valence-electron chi connectivity index (χ0n) is 14.5. The molecule has 0 saturated carbocycles. The van der Waals surface area contributed by atoms with Gasteiger partial charge in [-0.15, -0.1) is 0 Å². The lowest BCUT2D eigenvalue weighted by molar-refractivity contribution is 0.140. The molecule has 1 aliphatic heterocycles. The third kappa shape index (κ3) is 3.40. The van der Waals surface area contributed by atoms with Crippen molar-refractivity contribution in [2.75, 3.05) is 25.2 Å². The number of thioether (sulfide) groups is 1. The van der Waals surface area contributed by atoms with Crippen molar-refractivity contribution < 1.29 is 14.6 Å². The fourth-order valence-corrected chi connectivity index (χ4v) is 3.66. The van der Waals surface area contributed by atoms with E-state index >= 15 is 0 Å². The predicted molar refractivity (Wildman–Crippen MR) is 100 cm³/mol. The van der Waals surface area contributed by atoms with Gasteiger partial charge < -0.3 is 14.6 Å². The van der Waals surface area contributed by atoms with Crippen molar-refractivity contribution in [3.63, 3.8) is 0 Å². The van der Waals surface area contributed by atoms with E-state index in [1.54, 1.807) is 0 Å². The van der Waals surface area contributed by atoms with Crippen molar-refractivity contribution in [1.29, 1.82) is 0 Å². The number of hydrogen-bond donors (Lipinski definition) is 1. The van der Waals surface area contributed by atoms with Gasteiger partial charge in [-0.05, 0) is 61.1 Å². The third-order valence-corrected chi connectivity index (χ3v) is 5.02. The first-order chi connectivity index (χ1) is 11.6. The van der Waals surface area contributed by atoms with Crippen LogP contribution in [0.3, 0.4) is 0 Å². The Kier molecular flexibility index (Phi) is 5.36. The lowest BCUT2D eigenvalue weighted by Crippen LogP contribution is -2.00. The summed E-state index contributed by atoms with van der Waals surface area (Å²) >= 11 is 1.84. The molecule has 0 saturated heterocycles. The fraction of sp³-hybridized carbons (Fsp3) is 0.400. The molecule has 1 aliphatic rings. The molecule has 0 bridgehead atoms. The van der Waals surface area contributed by atoms with E-state index in [1.165, 1.54) is 0 Å². The van der Waals surface area contributed by atoms with Crippen LogP contribution in [0.1, 0.15) is 29.2 Å². The van der Waals surface area contributed by atoms with Gasteiger partial charge in [-0.2, -0.15) is 11.8 Å². The van der Waals surface area contributed by atoms with Gasteiger partial charge in [0.2, 0.25) is 0 Å². The number of para-hydroxylation sites is 1. The van der Waals surface area contributed by atoms with Crippen molar-refractivity contribution in [2.45, 2.75) is 26.4 Å². The first-order valence-electron chi connectivity index (χ1n) is 8.29. The van der Waals surface area contributed by atoms with E-state index in [0.29, 0.717) is 6.61 Å². The Balaban J connectivity index is 1.90. The Bertz CT molecular complexity index is 704. The number of aryl methyl sites for hydroxylation is 2. The van der Waals surface area contributed by atoms with Gasteiger partial charge in [0.05, 0.1) is 6.61 Å². The zero-order chi connectivity index (χ0) is 17.1. The van der Waals surface area contributed by atoms with Crippen LogP contribution in [0.2, 0.25) is 0 Å². The van der Waals surface area contributed by atoms with Crippen LogP contribution in [0.15, 0.2) is 30.3 Å². The largest absolute Gasteiger partial charge is 0.494 e. The number of aliphatic hydroxyl groups excluding tert-OH is 1. The topological polar surface area (TPSA) is 38.7 Å². The molecule has 1 atom stereocenters. The highest BCUT2D eigenvalue weighted by Gasteiger charge is 2.26. The van der Waals surface area contributed by atoms with E-state index in [9.17, 15) is 5.11 Å². The number of fused-ring (bicyclic) bond motifs is 1. The molecule has 4 heteroatoms. The first kappa shape index (κ1) is 17.2. The van der Waals surface area contributed by atoms with Crippen LogP contribution in [-0.2, 0) is 0 Å². The molecule has 1 N–H and O–H groups in total. The predicted octanol–water partition coefficient (Wildman–Crippen LogP) is 4.53. The molecule has 0 radical (unpaired) electrons. The number of rotatable bonds is 6. The summed E-state index contributed by atoms with van der Waals surface area (Å²) in [6, 6.07) is 10.2. The van der Waals surface area contributed by atoms with E-state index in [4.69, 9.17) is 9.47 Å². The standard InChI is InChI=1S/C20H24O3S/c1-13-10-15(22-8-5-9-24-3)11-14(2)19(13)17-7-4-6-16-18(21)12-23-20(16)17/h4,6-7,10-11,18,21H,5,8-9,12H2,1-3H3. The minimum atomic E-state index is -0.528. The van der Waals surface area contributed by atoms with Gasteiger partial charge in [0.1, 0.15) is 24.2 Å². The highest BCUT2D eigenvalue weighted by molar-refractivity contribution is 7.98. The van der Waals surface area contributed by atoms with Gasteiger partial charge in [-0.25, -0.2) is 0 Å². The molecule has 2 aromatic rings. The summed E-state index contributed by atoms with van der Waals surface area (Å²) in [6.07, 6.45) is 2.64. The molecule has 0 aliphatic carbocycles. The average molecular weight is 344 g/mol. The van der Waals surface area contributed by atoms with Gasteiger partial charge in [-0.1, -0.05) is 18.2 Å². The lowest BCUT2D eigenvalue weighted by Gasteiger charge is -2.16. The van der Waals surface area contributed by atoms with Gasteiger partial charge in [0.15, 0.2) is 0 Å². The molecule has 0 aromatic heterocycles. The molecule has 3 nitrogen and oxygen atoms in total. The third-order valence-electron chi connectivity index (χ3n) is 4.33. The van der Waals surface area contributed by atoms with Crippen LogP contribution in [-0.4, -0.2) is 30.3 Å². The van der Waals surface area contributed by atoms with Crippen LogP contribution < -0.4 is 9.47 Å². The second kappa shape index (κ2) is 7.49. The summed E-state index contributed by atoms with van der Waals surface area (Å²) in [4.78, 5) is 0. The van der Waals surface area contributed by atoms with Gasteiger partial charge in [0.25, 0.3) is 0 Å². The Hall–Kier alpha value is -1.65. The molecule has 0 amide bonds. The molecule has 128 valence electrons. The average Bonchev–Trinajstić information content (AvgIpc) is 2.93. The van der Waals surface area contributed by atoms with Gasteiger partial charge in [0, 0.05) is 11.1 Å². The summed E-state index contributed by atoms with van der Waals surface area (Å²) in [5, 5.41) is 10.0. The quantitative estimate of drug-likeness (QED) is 0.782. The summed E-state index contributed by atoms with van der Waals surface area (Å²) in [5.74, 6) is 2.85. The maximum Gasteiger partial charge on any atom is 0.133 e. The molecule has 0 fully saturated rings. The molecule has 1 heterocycles. The molecule has 1 unspecified atom stereocenters. The lowest BCUT2D eigenvalue weighted by atomic mass is 9.93. The summed E-state index contributed by atoms with van der Waals surface area (Å²) in [5.41, 5.74) is 5.41. The Morgan fingerprint density at radius 2 is 2.00 bits per heavy atom. The highest BCUT2D eigenvalue weighted by Crippen LogP contribution is 2.43. The van der Waals surface area contributed by atoms with E-state index in [-0.39, 0.29) is 0 Å². The maximum atomic E-state index is 10.0. The summed E-state index contributed by atoms with van der Waals surface area (Å²) in [6.45, 7) is 5.28. The molecule has 0 spiro atoms. The Labute approximate surface area is 148 Å². The van der Waals surface area contributed by atoms with E-state index in [0.717, 1.165) is 58.1 Å². The van der Waals surface area contributed by atoms with Gasteiger partial charge in [-0.3, -0.25) is 0 Å². The minimum Gasteiger partial charge on any atom is -0.494 e. The second-order valence-electron chi connectivity index (χ2n) is 6.18. The van der Waals surface area contributed by atoms with E-state index in [2.05, 4.69) is 38.3 Å². The van der Waals surface area contributed by atoms with Crippen molar-refractivity contribution >= 4 is 11.8 Å². The van der Waals surface area contributed by atoms with Crippen LogP contribution in [0.5, 0.6) is 11.5 Å². The summed E-state index contributed by atoms with van der Waals surface area (Å²) < 4.78 is 11.6. The van der Waals surface area contributed by atoms with Crippen molar-refractivity contribution in [1.82, 2.24) is 0 Å². The Morgan fingerprint density at radius 1 is 1.25 bits per heavy atom. The second-order valence-corrected chi connectivity index (χ2v) is 7.16. The molecule has 3 rings (SSSR count). The zero-order valence-corrected chi connectivity index (χ0v) is 15.3. The van der Waals surface area contributed by atoms with Crippen LogP contribution in [0, 0.1) is 13.8 Å². The van der Waals surface area contributed by atoms with Crippen molar-refractivity contribution in [3.8, 4) is 22.6 Å². The highest BCUT2D eigenvalue weighted by atomic mass is 32.2. The van der Waals surface area contributed by atoms with Crippen LogP contribution in [0.25, 0.3) is 11.1 Å². The molecular formula is C20H24O3S. The number of ether oxygens (including phenoxy) is 2. The molecular weight excluding hydrogens is 320 g/mol. The molecule has 24 heavy (non-hydrogen) atoms. The number of benzene rings is 2. The fourth-order valence-electron chi connectivity index (χ4n) is 3.25. The smallest absolute Gasteiger partial charge is 0.133 e. The SMILES string of the molecule is CSCCCOc1cc(C)c(-c2cccc3c2OCC3O)c(C)c1. The van der Waals surface area contributed by atoms with Crippen LogP contribution in [0.4, 0.5) is 0 Å². The van der Waals surface area contributed by atoms with E-state index < -0.39 is 6.10 Å². The number of hydrogen-bond acceptors (Lipinski definition) is 4. The van der Waals surface area contributed by atoms with Crippen LogP contribution >= 0.6 is 11.8 Å². The monoisotopic (exact) mass is 344 g/mol. The number of aliphatic hydroxyl groups is 1. The van der Waals surface area contributed by atoms with Gasteiger partial charge >= 0.3 is 0 Å². The normalized spacial score (nSPS) is 15.9. The van der Waals surface area contributed by atoms with Crippen molar-refractivity contribution in [3.05, 3.63) is 47.0 Å².